The molecule has 0 atom stereocenters. The number of carbonyl (C=O) groups excluding carboxylic acids is 1. The van der Waals surface area contributed by atoms with Crippen molar-refractivity contribution in [3.8, 4) is 11.5 Å². The van der Waals surface area contributed by atoms with Crippen molar-refractivity contribution >= 4 is 44.1 Å². The van der Waals surface area contributed by atoms with E-state index in [0.29, 0.717) is 40.7 Å². The Labute approximate surface area is 184 Å². The largest absolute Gasteiger partial charge is 0.497 e. The molecule has 0 spiro atoms. The molecule has 1 heterocycles. The normalized spacial score (nSPS) is 11.7. The number of anilines is 1. The second-order valence-electron chi connectivity index (χ2n) is 7.10. The molecule has 0 aliphatic heterocycles. The number of nitrogens with one attached hydrogen (secondary N) is 1. The highest BCUT2D eigenvalue weighted by atomic mass is 79.9. The number of halogens is 1. The van der Waals surface area contributed by atoms with Gasteiger partial charge in [0.1, 0.15) is 18.1 Å². The van der Waals surface area contributed by atoms with Gasteiger partial charge < -0.3 is 24.1 Å². The molecule has 0 bridgehead atoms. The number of fused-ring (bicyclic) bond motifs is 1. The van der Waals surface area contributed by atoms with E-state index in [0.717, 1.165) is 16.4 Å². The molecule has 3 rings (SSSR count). The third kappa shape index (κ3) is 5.43. The molecule has 0 fully saturated rings. The van der Waals surface area contributed by atoms with Gasteiger partial charge >= 0.3 is 0 Å². The molecule has 6 nitrogen and oxygen atoms in total. The van der Waals surface area contributed by atoms with Gasteiger partial charge in [0.15, 0.2) is 11.3 Å². The number of likely N-dealkylation sites (N-methyl/N-ethyl adjacent to an activating group) is 1. The van der Waals surface area contributed by atoms with E-state index in [9.17, 15) is 4.79 Å². The first-order valence-corrected chi connectivity index (χ1v) is 10.3. The highest BCUT2D eigenvalue weighted by Gasteiger charge is 2.14. The zero-order chi connectivity index (χ0) is 21.7. The Bertz CT molecular complexity index is 1070. The molecular formula is C23H25BrN2O4. The summed E-state index contributed by atoms with van der Waals surface area (Å²) in [4.78, 5) is 14.5. The molecule has 7 heteroatoms. The van der Waals surface area contributed by atoms with Gasteiger partial charge in [-0.1, -0.05) is 22.0 Å². The molecular weight excluding hydrogens is 448 g/mol. The fraction of sp³-hybridized carbons (Fsp3) is 0.261. The van der Waals surface area contributed by atoms with Crippen molar-refractivity contribution in [3.05, 3.63) is 58.8 Å². The van der Waals surface area contributed by atoms with Gasteiger partial charge in [0.25, 0.3) is 0 Å². The van der Waals surface area contributed by atoms with Crippen LogP contribution < -0.4 is 14.8 Å². The van der Waals surface area contributed by atoms with E-state index >= 15 is 0 Å². The Morgan fingerprint density at radius 2 is 2.03 bits per heavy atom. The van der Waals surface area contributed by atoms with Crippen molar-refractivity contribution in [1.82, 2.24) is 4.90 Å². The Balaban J connectivity index is 1.80. The molecule has 1 N–H and O–H groups in total. The summed E-state index contributed by atoms with van der Waals surface area (Å²) < 4.78 is 18.0. The molecule has 3 aromatic rings. The SMILES string of the molecule is COc1cccc(NC(=O)/C=C(/C)c2cc3c(Br)ccc(OCCN(C)C)c3o2)c1. The lowest BCUT2D eigenvalue weighted by Gasteiger charge is -2.11. The van der Waals surface area contributed by atoms with E-state index in [1.54, 1.807) is 19.2 Å². The molecule has 1 amide bonds. The van der Waals surface area contributed by atoms with E-state index in [4.69, 9.17) is 13.9 Å². The van der Waals surface area contributed by atoms with E-state index in [1.165, 1.54) is 6.08 Å². The predicted octanol–water partition coefficient (Wildman–Crippen LogP) is 5.19. The summed E-state index contributed by atoms with van der Waals surface area (Å²) in [6.07, 6.45) is 1.51. The van der Waals surface area contributed by atoms with E-state index in [2.05, 4.69) is 26.1 Å². The first kappa shape index (κ1) is 21.9. The summed E-state index contributed by atoms with van der Waals surface area (Å²) in [6.45, 7) is 3.19. The number of rotatable bonds is 8. The van der Waals surface area contributed by atoms with Crippen LogP contribution in [-0.4, -0.2) is 45.2 Å². The Hall–Kier alpha value is -2.77. The number of hydrogen-bond donors (Lipinski definition) is 1. The maximum Gasteiger partial charge on any atom is 0.248 e. The minimum atomic E-state index is -0.247. The second-order valence-corrected chi connectivity index (χ2v) is 7.95. The second kappa shape index (κ2) is 9.82. The van der Waals surface area contributed by atoms with Crippen LogP contribution in [0.2, 0.25) is 0 Å². The van der Waals surface area contributed by atoms with Gasteiger partial charge in [-0.3, -0.25) is 4.79 Å². The third-order valence-electron chi connectivity index (χ3n) is 4.46. The Morgan fingerprint density at radius 3 is 2.77 bits per heavy atom. The number of hydrogen-bond acceptors (Lipinski definition) is 5. The molecule has 30 heavy (non-hydrogen) atoms. The maximum atomic E-state index is 12.4. The lowest BCUT2D eigenvalue weighted by atomic mass is 10.2. The number of benzene rings is 2. The standard InChI is InChI=1S/C23H25BrN2O4/c1-15(12-22(27)25-16-6-5-7-17(13-16)28-4)21-14-18-19(24)8-9-20(23(18)30-21)29-11-10-26(2)3/h5-9,12-14H,10-11H2,1-4H3,(H,25,27)/b15-12-. The number of carbonyl (C=O) groups is 1. The summed E-state index contributed by atoms with van der Waals surface area (Å²) in [5, 5.41) is 3.73. The molecule has 158 valence electrons. The van der Waals surface area contributed by atoms with Gasteiger partial charge in [0.2, 0.25) is 5.91 Å². The van der Waals surface area contributed by atoms with Gasteiger partial charge in [0.05, 0.1) is 7.11 Å². The molecule has 0 saturated carbocycles. The summed E-state index contributed by atoms with van der Waals surface area (Å²) in [5.74, 6) is 1.71. The summed E-state index contributed by atoms with van der Waals surface area (Å²) >= 11 is 3.56. The lowest BCUT2D eigenvalue weighted by Crippen LogP contribution is -2.19. The molecule has 1 aromatic heterocycles. The number of furan rings is 1. The monoisotopic (exact) mass is 472 g/mol. The molecule has 2 aromatic carbocycles. The molecule has 0 aliphatic carbocycles. The number of methoxy groups -OCH3 is 1. The minimum absolute atomic E-state index is 0.247. The van der Waals surface area contributed by atoms with Crippen molar-refractivity contribution in [2.75, 3.05) is 39.7 Å². The highest BCUT2D eigenvalue weighted by Crippen LogP contribution is 2.36. The van der Waals surface area contributed by atoms with Crippen LogP contribution in [0.5, 0.6) is 11.5 Å². The topological polar surface area (TPSA) is 63.9 Å². The van der Waals surface area contributed by atoms with E-state index in [1.807, 2.05) is 51.4 Å². The Morgan fingerprint density at radius 1 is 1.23 bits per heavy atom. The molecule has 0 saturated heterocycles. The quantitative estimate of drug-likeness (QED) is 0.457. The van der Waals surface area contributed by atoms with Crippen LogP contribution >= 0.6 is 15.9 Å². The van der Waals surface area contributed by atoms with Crippen molar-refractivity contribution in [1.29, 1.82) is 0 Å². The van der Waals surface area contributed by atoms with Crippen LogP contribution in [0, 0.1) is 0 Å². The van der Waals surface area contributed by atoms with Crippen molar-refractivity contribution < 1.29 is 18.7 Å². The number of amides is 1. The van der Waals surface area contributed by atoms with Gasteiger partial charge in [-0.25, -0.2) is 0 Å². The predicted molar refractivity (Wildman–Crippen MR) is 123 cm³/mol. The van der Waals surface area contributed by atoms with Crippen LogP contribution in [0.4, 0.5) is 5.69 Å². The maximum absolute atomic E-state index is 12.4. The first-order valence-electron chi connectivity index (χ1n) is 9.50. The number of nitrogens with zero attached hydrogens (tertiary/aromatic N) is 1. The summed E-state index contributed by atoms with van der Waals surface area (Å²) in [5.41, 5.74) is 2.02. The van der Waals surface area contributed by atoms with E-state index < -0.39 is 0 Å². The number of ether oxygens (including phenoxy) is 2. The van der Waals surface area contributed by atoms with Crippen molar-refractivity contribution in [2.24, 2.45) is 0 Å². The van der Waals surface area contributed by atoms with Gasteiger partial charge in [-0.05, 0) is 56.9 Å². The van der Waals surface area contributed by atoms with Crippen LogP contribution in [0.1, 0.15) is 12.7 Å². The molecule has 0 unspecified atom stereocenters. The zero-order valence-corrected chi connectivity index (χ0v) is 19.1. The summed E-state index contributed by atoms with van der Waals surface area (Å²) in [7, 11) is 5.58. The minimum Gasteiger partial charge on any atom is -0.497 e. The fourth-order valence-electron chi connectivity index (χ4n) is 2.86. The third-order valence-corrected chi connectivity index (χ3v) is 5.16. The van der Waals surface area contributed by atoms with Crippen molar-refractivity contribution in [3.63, 3.8) is 0 Å². The van der Waals surface area contributed by atoms with Gasteiger partial charge in [-0.15, -0.1) is 0 Å². The van der Waals surface area contributed by atoms with Crippen LogP contribution in [0.15, 0.2) is 57.4 Å². The van der Waals surface area contributed by atoms with Gasteiger partial charge in [0, 0.05) is 34.2 Å². The smallest absolute Gasteiger partial charge is 0.248 e. The average Bonchev–Trinajstić information content (AvgIpc) is 3.16. The van der Waals surface area contributed by atoms with Crippen molar-refractivity contribution in [2.45, 2.75) is 6.92 Å². The zero-order valence-electron chi connectivity index (χ0n) is 17.5. The van der Waals surface area contributed by atoms with E-state index in [-0.39, 0.29) is 5.91 Å². The Kier molecular flexibility index (Phi) is 7.18. The average molecular weight is 473 g/mol. The molecule has 0 aliphatic rings. The number of allylic oxidation sites excluding steroid dienone is 1. The molecule has 0 radical (unpaired) electrons. The van der Waals surface area contributed by atoms with Crippen LogP contribution in [0.3, 0.4) is 0 Å². The van der Waals surface area contributed by atoms with Crippen LogP contribution in [0.25, 0.3) is 16.5 Å². The summed E-state index contributed by atoms with van der Waals surface area (Å²) in [6, 6.07) is 12.9. The fourth-order valence-corrected chi connectivity index (χ4v) is 3.29. The highest BCUT2D eigenvalue weighted by molar-refractivity contribution is 9.10. The lowest BCUT2D eigenvalue weighted by molar-refractivity contribution is -0.111. The first-order chi connectivity index (χ1) is 14.4. The van der Waals surface area contributed by atoms with Crippen LogP contribution in [-0.2, 0) is 4.79 Å². The van der Waals surface area contributed by atoms with Gasteiger partial charge in [-0.2, -0.15) is 0 Å².